The summed E-state index contributed by atoms with van der Waals surface area (Å²) in [4.78, 5) is 0. The molecule has 1 atom stereocenters. The highest BCUT2D eigenvalue weighted by molar-refractivity contribution is 5.32. The van der Waals surface area contributed by atoms with Crippen LogP contribution in [0, 0.1) is 0 Å². The average Bonchev–Trinajstić information content (AvgIpc) is 2.94. The standard InChI is InChI=1S/C15H20N2O2/c1-2-11-19-12-9-15(18)14-8-10-16-17(14)13-6-4-3-5-7-13/h3-8,10,15,18H,2,9,11-12H2,1H3. The average molecular weight is 260 g/mol. The smallest absolute Gasteiger partial charge is 0.0983 e. The highest BCUT2D eigenvalue weighted by Gasteiger charge is 2.13. The van der Waals surface area contributed by atoms with Gasteiger partial charge in [0.25, 0.3) is 0 Å². The number of hydrogen-bond donors (Lipinski definition) is 1. The lowest BCUT2D eigenvalue weighted by Gasteiger charge is -2.13. The van der Waals surface area contributed by atoms with E-state index in [1.54, 1.807) is 10.9 Å². The Labute approximate surface area is 113 Å². The van der Waals surface area contributed by atoms with Crippen LogP contribution in [-0.2, 0) is 4.74 Å². The first-order chi connectivity index (χ1) is 9.33. The van der Waals surface area contributed by atoms with Gasteiger partial charge in [-0.2, -0.15) is 5.10 Å². The Kier molecular flexibility index (Phi) is 5.12. The van der Waals surface area contributed by atoms with E-state index in [1.807, 2.05) is 36.4 Å². The van der Waals surface area contributed by atoms with Crippen LogP contribution in [0.4, 0.5) is 0 Å². The van der Waals surface area contributed by atoms with Gasteiger partial charge >= 0.3 is 0 Å². The second-order valence-electron chi connectivity index (χ2n) is 4.42. The summed E-state index contributed by atoms with van der Waals surface area (Å²) in [6.45, 7) is 3.38. The van der Waals surface area contributed by atoms with Gasteiger partial charge in [-0.05, 0) is 24.6 Å². The Hall–Kier alpha value is -1.65. The van der Waals surface area contributed by atoms with E-state index in [2.05, 4.69) is 12.0 Å². The van der Waals surface area contributed by atoms with Crippen molar-refractivity contribution in [2.45, 2.75) is 25.9 Å². The van der Waals surface area contributed by atoms with Gasteiger partial charge in [0, 0.05) is 25.8 Å². The second kappa shape index (κ2) is 7.07. The fourth-order valence-electron chi connectivity index (χ4n) is 1.94. The molecule has 102 valence electrons. The normalized spacial score (nSPS) is 12.5. The van der Waals surface area contributed by atoms with Gasteiger partial charge in [0.1, 0.15) is 0 Å². The number of benzene rings is 1. The molecule has 0 bridgehead atoms. The monoisotopic (exact) mass is 260 g/mol. The Morgan fingerprint density at radius 3 is 2.74 bits per heavy atom. The summed E-state index contributed by atoms with van der Waals surface area (Å²) in [5.74, 6) is 0. The predicted molar refractivity (Wildman–Crippen MR) is 74.3 cm³/mol. The number of ether oxygens (including phenoxy) is 1. The van der Waals surface area contributed by atoms with Crippen LogP contribution in [0.2, 0.25) is 0 Å². The van der Waals surface area contributed by atoms with Gasteiger partial charge < -0.3 is 9.84 Å². The van der Waals surface area contributed by atoms with E-state index < -0.39 is 6.10 Å². The number of aliphatic hydroxyl groups is 1. The summed E-state index contributed by atoms with van der Waals surface area (Å²) in [7, 11) is 0. The molecule has 0 saturated carbocycles. The molecule has 1 heterocycles. The SMILES string of the molecule is CCCOCCC(O)c1ccnn1-c1ccccc1. The number of hydrogen-bond acceptors (Lipinski definition) is 3. The molecule has 1 N–H and O–H groups in total. The maximum atomic E-state index is 10.2. The van der Waals surface area contributed by atoms with E-state index in [0.717, 1.165) is 24.4 Å². The van der Waals surface area contributed by atoms with E-state index in [4.69, 9.17) is 4.74 Å². The molecule has 1 aromatic heterocycles. The number of para-hydroxylation sites is 1. The van der Waals surface area contributed by atoms with Gasteiger partial charge in [0.05, 0.1) is 17.5 Å². The van der Waals surface area contributed by atoms with Crippen LogP contribution >= 0.6 is 0 Å². The highest BCUT2D eigenvalue weighted by Crippen LogP contribution is 2.19. The summed E-state index contributed by atoms with van der Waals surface area (Å²) in [5, 5.41) is 14.5. The fourth-order valence-corrected chi connectivity index (χ4v) is 1.94. The Balaban J connectivity index is 2.03. The van der Waals surface area contributed by atoms with Crippen LogP contribution in [0.5, 0.6) is 0 Å². The third kappa shape index (κ3) is 3.66. The molecular weight excluding hydrogens is 240 g/mol. The minimum absolute atomic E-state index is 0.556. The van der Waals surface area contributed by atoms with E-state index in [-0.39, 0.29) is 0 Å². The number of aliphatic hydroxyl groups excluding tert-OH is 1. The molecule has 2 aromatic rings. The fraction of sp³-hybridized carbons (Fsp3) is 0.400. The molecule has 0 saturated heterocycles. The van der Waals surface area contributed by atoms with Crippen molar-refractivity contribution in [3.63, 3.8) is 0 Å². The van der Waals surface area contributed by atoms with E-state index >= 15 is 0 Å². The van der Waals surface area contributed by atoms with E-state index in [1.165, 1.54) is 0 Å². The minimum Gasteiger partial charge on any atom is -0.387 e. The van der Waals surface area contributed by atoms with Gasteiger partial charge in [0.2, 0.25) is 0 Å². The van der Waals surface area contributed by atoms with Crippen LogP contribution in [0.15, 0.2) is 42.6 Å². The quantitative estimate of drug-likeness (QED) is 0.779. The van der Waals surface area contributed by atoms with Crippen molar-refractivity contribution in [2.75, 3.05) is 13.2 Å². The van der Waals surface area contributed by atoms with Crippen LogP contribution in [0.25, 0.3) is 5.69 Å². The lowest BCUT2D eigenvalue weighted by Crippen LogP contribution is -2.10. The minimum atomic E-state index is -0.556. The van der Waals surface area contributed by atoms with E-state index in [9.17, 15) is 5.11 Å². The van der Waals surface area contributed by atoms with Gasteiger partial charge in [-0.25, -0.2) is 4.68 Å². The van der Waals surface area contributed by atoms with Crippen LogP contribution < -0.4 is 0 Å². The molecule has 0 aliphatic rings. The Morgan fingerprint density at radius 2 is 2.00 bits per heavy atom. The van der Waals surface area contributed by atoms with Crippen LogP contribution in [-0.4, -0.2) is 28.1 Å². The number of nitrogens with zero attached hydrogens (tertiary/aromatic N) is 2. The zero-order valence-electron chi connectivity index (χ0n) is 11.2. The Morgan fingerprint density at radius 1 is 1.21 bits per heavy atom. The molecule has 19 heavy (non-hydrogen) atoms. The molecule has 2 rings (SSSR count). The summed E-state index contributed by atoms with van der Waals surface area (Å²) in [5.41, 5.74) is 1.75. The van der Waals surface area contributed by atoms with Crippen molar-refractivity contribution < 1.29 is 9.84 Å². The third-order valence-corrected chi connectivity index (χ3v) is 2.90. The van der Waals surface area contributed by atoms with E-state index in [0.29, 0.717) is 13.0 Å². The summed E-state index contributed by atoms with van der Waals surface area (Å²) in [6.07, 6.45) is 2.73. The van der Waals surface area contributed by atoms with Crippen molar-refractivity contribution in [1.29, 1.82) is 0 Å². The largest absolute Gasteiger partial charge is 0.387 e. The summed E-state index contributed by atoms with van der Waals surface area (Å²) in [6, 6.07) is 11.7. The first kappa shape index (κ1) is 13.8. The van der Waals surface area contributed by atoms with Crippen LogP contribution in [0.1, 0.15) is 31.6 Å². The number of aromatic nitrogens is 2. The van der Waals surface area contributed by atoms with Crippen molar-refractivity contribution in [3.8, 4) is 5.69 Å². The molecular formula is C15H20N2O2. The topological polar surface area (TPSA) is 47.3 Å². The van der Waals surface area contributed by atoms with Gasteiger partial charge in [-0.15, -0.1) is 0 Å². The highest BCUT2D eigenvalue weighted by atomic mass is 16.5. The molecule has 0 fully saturated rings. The molecule has 4 heteroatoms. The molecule has 0 radical (unpaired) electrons. The zero-order valence-corrected chi connectivity index (χ0v) is 11.2. The molecule has 0 aliphatic carbocycles. The zero-order chi connectivity index (χ0) is 13.5. The van der Waals surface area contributed by atoms with Crippen molar-refractivity contribution >= 4 is 0 Å². The molecule has 4 nitrogen and oxygen atoms in total. The van der Waals surface area contributed by atoms with Crippen molar-refractivity contribution in [1.82, 2.24) is 9.78 Å². The van der Waals surface area contributed by atoms with Crippen LogP contribution in [0.3, 0.4) is 0 Å². The molecule has 0 aliphatic heterocycles. The molecule has 0 amide bonds. The first-order valence-electron chi connectivity index (χ1n) is 6.68. The maximum absolute atomic E-state index is 10.2. The van der Waals surface area contributed by atoms with Crippen molar-refractivity contribution in [2.24, 2.45) is 0 Å². The molecule has 0 spiro atoms. The molecule has 1 aromatic carbocycles. The van der Waals surface area contributed by atoms with Crippen molar-refractivity contribution in [3.05, 3.63) is 48.3 Å². The lowest BCUT2D eigenvalue weighted by atomic mass is 10.2. The first-order valence-corrected chi connectivity index (χ1v) is 6.68. The Bertz CT molecular complexity index is 482. The lowest BCUT2D eigenvalue weighted by molar-refractivity contribution is 0.0793. The second-order valence-corrected chi connectivity index (χ2v) is 4.42. The van der Waals surface area contributed by atoms with Gasteiger partial charge in [-0.3, -0.25) is 0 Å². The summed E-state index contributed by atoms with van der Waals surface area (Å²) < 4.78 is 7.18. The summed E-state index contributed by atoms with van der Waals surface area (Å²) >= 11 is 0. The predicted octanol–water partition coefficient (Wildman–Crippen LogP) is 2.72. The maximum Gasteiger partial charge on any atom is 0.0983 e. The third-order valence-electron chi connectivity index (χ3n) is 2.90. The molecule has 1 unspecified atom stereocenters. The van der Waals surface area contributed by atoms with Gasteiger partial charge in [-0.1, -0.05) is 25.1 Å². The number of rotatable bonds is 7. The van der Waals surface area contributed by atoms with Gasteiger partial charge in [0.15, 0.2) is 0 Å².